The lowest BCUT2D eigenvalue weighted by Gasteiger charge is -2.28. The molecule has 1 saturated heterocycles. The van der Waals surface area contributed by atoms with Crippen molar-refractivity contribution >= 4 is 11.5 Å². The van der Waals surface area contributed by atoms with Crippen molar-refractivity contribution in [1.29, 1.82) is 0 Å². The van der Waals surface area contributed by atoms with E-state index in [1.54, 1.807) is 0 Å². The average molecular weight is 334 g/mol. The third kappa shape index (κ3) is 2.66. The van der Waals surface area contributed by atoms with Crippen molar-refractivity contribution in [3.8, 4) is 11.3 Å². The maximum absolute atomic E-state index is 4.97. The molecule has 1 aliphatic carbocycles. The Bertz CT molecular complexity index is 921. The van der Waals surface area contributed by atoms with Crippen LogP contribution >= 0.6 is 0 Å². The lowest BCUT2D eigenvalue weighted by molar-refractivity contribution is 0.582. The van der Waals surface area contributed by atoms with Crippen LogP contribution in [0.1, 0.15) is 30.1 Å². The summed E-state index contributed by atoms with van der Waals surface area (Å²) in [5, 5.41) is 8.36. The first-order valence-corrected chi connectivity index (χ1v) is 9.08. The van der Waals surface area contributed by atoms with Crippen molar-refractivity contribution in [2.45, 2.75) is 25.7 Å². The Balaban J connectivity index is 1.68. The third-order valence-electron chi connectivity index (χ3n) is 5.07. The van der Waals surface area contributed by atoms with Crippen LogP contribution in [0.25, 0.3) is 16.9 Å². The van der Waals surface area contributed by atoms with Crippen LogP contribution in [0.5, 0.6) is 0 Å². The van der Waals surface area contributed by atoms with E-state index < -0.39 is 0 Å². The monoisotopic (exact) mass is 334 g/mol. The fraction of sp³-hybridized carbons (Fsp3) is 0.421. The van der Waals surface area contributed by atoms with Gasteiger partial charge < -0.3 is 10.2 Å². The molecule has 0 amide bonds. The van der Waals surface area contributed by atoms with Crippen LogP contribution in [0.3, 0.4) is 0 Å². The van der Waals surface area contributed by atoms with Crippen molar-refractivity contribution in [1.82, 2.24) is 24.9 Å². The van der Waals surface area contributed by atoms with Crippen molar-refractivity contribution in [3.05, 3.63) is 41.9 Å². The maximum Gasteiger partial charge on any atom is 0.154 e. The molecular weight excluding hydrogens is 312 g/mol. The number of hydrogen-bond donors (Lipinski definition) is 1. The summed E-state index contributed by atoms with van der Waals surface area (Å²) >= 11 is 0. The highest BCUT2D eigenvalue weighted by atomic mass is 15.3. The van der Waals surface area contributed by atoms with Gasteiger partial charge in [-0.3, -0.25) is 4.98 Å². The fourth-order valence-electron chi connectivity index (χ4n) is 3.61. The van der Waals surface area contributed by atoms with Gasteiger partial charge in [-0.15, -0.1) is 5.10 Å². The van der Waals surface area contributed by atoms with Crippen LogP contribution in [-0.4, -0.2) is 45.8 Å². The molecule has 3 aromatic heterocycles. The molecule has 0 bridgehead atoms. The number of hydrogen-bond acceptors (Lipinski definition) is 5. The Morgan fingerprint density at radius 3 is 2.72 bits per heavy atom. The van der Waals surface area contributed by atoms with Gasteiger partial charge in [-0.2, -0.15) is 0 Å². The molecule has 25 heavy (non-hydrogen) atoms. The minimum absolute atomic E-state index is 0.577. The van der Waals surface area contributed by atoms with Gasteiger partial charge in [0.15, 0.2) is 5.65 Å². The van der Waals surface area contributed by atoms with E-state index in [0.29, 0.717) is 5.92 Å². The maximum atomic E-state index is 4.97. The summed E-state index contributed by atoms with van der Waals surface area (Å²) in [5.74, 6) is 1.61. The van der Waals surface area contributed by atoms with Gasteiger partial charge in [-0.05, 0) is 44.0 Å². The number of fused-ring (bicyclic) bond motifs is 1. The summed E-state index contributed by atoms with van der Waals surface area (Å²) in [4.78, 5) is 11.6. The summed E-state index contributed by atoms with van der Waals surface area (Å²) in [6.07, 6.45) is 4.33. The van der Waals surface area contributed by atoms with Gasteiger partial charge >= 0.3 is 0 Å². The van der Waals surface area contributed by atoms with Gasteiger partial charge in [-0.25, -0.2) is 9.50 Å². The topological polar surface area (TPSA) is 58.4 Å². The Morgan fingerprint density at radius 2 is 1.96 bits per heavy atom. The highest BCUT2D eigenvalue weighted by Gasteiger charge is 2.31. The lowest BCUT2D eigenvalue weighted by Crippen LogP contribution is -2.44. The SMILES string of the molecule is Cc1cc(-c2c(C3CC3)nc3ccc(N4CCNCC4)nn23)ccn1. The molecule has 2 fully saturated rings. The smallest absolute Gasteiger partial charge is 0.154 e. The fourth-order valence-corrected chi connectivity index (χ4v) is 3.61. The number of imidazole rings is 1. The Kier molecular flexibility index (Phi) is 3.45. The quantitative estimate of drug-likeness (QED) is 0.797. The highest BCUT2D eigenvalue weighted by Crippen LogP contribution is 2.44. The van der Waals surface area contributed by atoms with E-state index in [2.05, 4.69) is 39.5 Å². The van der Waals surface area contributed by atoms with Crippen molar-refractivity contribution in [2.24, 2.45) is 0 Å². The predicted octanol–water partition coefficient (Wildman–Crippen LogP) is 2.39. The van der Waals surface area contributed by atoms with E-state index in [9.17, 15) is 0 Å². The number of piperazine rings is 1. The highest BCUT2D eigenvalue weighted by molar-refractivity contribution is 5.68. The molecule has 6 nitrogen and oxygen atoms in total. The second-order valence-electron chi connectivity index (χ2n) is 7.00. The number of aromatic nitrogens is 4. The number of rotatable bonds is 3. The minimum atomic E-state index is 0.577. The van der Waals surface area contributed by atoms with Gasteiger partial charge in [0.05, 0.1) is 11.4 Å². The van der Waals surface area contributed by atoms with E-state index in [0.717, 1.165) is 54.6 Å². The molecule has 4 heterocycles. The predicted molar refractivity (Wildman–Crippen MR) is 98.0 cm³/mol. The van der Waals surface area contributed by atoms with Crippen molar-refractivity contribution < 1.29 is 0 Å². The molecule has 0 spiro atoms. The second-order valence-corrected chi connectivity index (χ2v) is 7.00. The summed E-state index contributed by atoms with van der Waals surface area (Å²) in [6.45, 7) is 6.03. The Hall–Kier alpha value is -2.47. The normalized spacial score (nSPS) is 18.0. The first-order valence-electron chi connectivity index (χ1n) is 9.08. The summed E-state index contributed by atoms with van der Waals surface area (Å²) in [5.41, 5.74) is 5.44. The second kappa shape index (κ2) is 5.81. The van der Waals surface area contributed by atoms with Gasteiger partial charge in [0.2, 0.25) is 0 Å². The molecular formula is C19H22N6. The van der Waals surface area contributed by atoms with Crippen LogP contribution in [0, 0.1) is 6.92 Å². The number of pyridine rings is 1. The van der Waals surface area contributed by atoms with Crippen LogP contribution < -0.4 is 10.2 Å². The summed E-state index contributed by atoms with van der Waals surface area (Å²) in [6, 6.07) is 8.41. The molecule has 5 rings (SSSR count). The largest absolute Gasteiger partial charge is 0.353 e. The number of aryl methyl sites for hydroxylation is 1. The van der Waals surface area contributed by atoms with Gasteiger partial charge in [-0.1, -0.05) is 0 Å². The Morgan fingerprint density at radius 1 is 1.12 bits per heavy atom. The standard InChI is InChI=1S/C19H22N6/c1-13-12-15(6-7-21-13)19-18(14-2-3-14)22-16-4-5-17(23-25(16)19)24-10-8-20-9-11-24/h4-7,12,14,20H,2-3,8-11H2,1H3. The number of nitrogens with one attached hydrogen (secondary N) is 1. The zero-order valence-corrected chi connectivity index (χ0v) is 14.4. The summed E-state index contributed by atoms with van der Waals surface area (Å²) in [7, 11) is 0. The zero-order chi connectivity index (χ0) is 16.8. The Labute approximate surface area is 146 Å². The molecule has 1 saturated carbocycles. The number of nitrogens with zero attached hydrogens (tertiary/aromatic N) is 5. The first kappa shape index (κ1) is 14.8. The molecule has 128 valence electrons. The molecule has 0 unspecified atom stereocenters. The zero-order valence-electron chi connectivity index (χ0n) is 14.4. The molecule has 0 aromatic carbocycles. The summed E-state index contributed by atoms with van der Waals surface area (Å²) < 4.78 is 2.04. The third-order valence-corrected chi connectivity index (χ3v) is 5.07. The minimum Gasteiger partial charge on any atom is -0.353 e. The molecule has 0 atom stereocenters. The molecule has 3 aromatic rings. The van der Waals surface area contributed by atoms with Crippen LogP contribution in [0.15, 0.2) is 30.5 Å². The van der Waals surface area contributed by atoms with Gasteiger partial charge in [0.25, 0.3) is 0 Å². The molecule has 2 aliphatic rings. The molecule has 6 heteroatoms. The van der Waals surface area contributed by atoms with E-state index in [1.807, 2.05) is 17.6 Å². The van der Waals surface area contributed by atoms with E-state index in [4.69, 9.17) is 10.1 Å². The van der Waals surface area contributed by atoms with Gasteiger partial charge in [0, 0.05) is 49.6 Å². The van der Waals surface area contributed by atoms with Gasteiger partial charge in [0.1, 0.15) is 5.82 Å². The van der Waals surface area contributed by atoms with Crippen molar-refractivity contribution in [3.63, 3.8) is 0 Å². The van der Waals surface area contributed by atoms with E-state index >= 15 is 0 Å². The molecule has 0 radical (unpaired) electrons. The van der Waals surface area contributed by atoms with Crippen LogP contribution in [-0.2, 0) is 0 Å². The molecule has 1 aliphatic heterocycles. The van der Waals surface area contributed by atoms with Crippen LogP contribution in [0.4, 0.5) is 5.82 Å². The lowest BCUT2D eigenvalue weighted by atomic mass is 10.1. The van der Waals surface area contributed by atoms with E-state index in [1.165, 1.54) is 18.5 Å². The van der Waals surface area contributed by atoms with Crippen molar-refractivity contribution in [2.75, 3.05) is 31.1 Å². The first-order chi connectivity index (χ1) is 12.3. The number of anilines is 1. The van der Waals surface area contributed by atoms with Crippen LogP contribution in [0.2, 0.25) is 0 Å². The van der Waals surface area contributed by atoms with E-state index in [-0.39, 0.29) is 0 Å². The average Bonchev–Trinajstić information content (AvgIpc) is 3.42. The molecule has 1 N–H and O–H groups in total.